The maximum atomic E-state index is 12.4. The van der Waals surface area contributed by atoms with E-state index in [1.54, 1.807) is 41.5 Å². The zero-order valence-electron chi connectivity index (χ0n) is 16.2. The Labute approximate surface area is 168 Å². The lowest BCUT2D eigenvalue weighted by atomic mass is 10.2. The number of carbonyl (C=O) groups excluding carboxylic acids is 2. The number of nitrogens with one attached hydrogen (secondary N) is 2. The monoisotopic (exact) mass is 464 g/mol. The number of amides is 2. The molecule has 0 aliphatic heterocycles. The van der Waals surface area contributed by atoms with Crippen LogP contribution in [-0.2, 0) is 26.0 Å². The molecule has 0 aliphatic carbocycles. The van der Waals surface area contributed by atoms with Crippen LogP contribution in [0.3, 0.4) is 0 Å². The maximum absolute atomic E-state index is 12.4. The average molecular weight is 465 g/mol. The van der Waals surface area contributed by atoms with Crippen LogP contribution in [0.5, 0.6) is 0 Å². The zero-order chi connectivity index (χ0) is 21.0. The van der Waals surface area contributed by atoms with Crippen molar-refractivity contribution in [1.82, 2.24) is 10.0 Å². The fraction of sp³-hybridized carbons (Fsp3) is 0.529. The highest BCUT2D eigenvalue weighted by Crippen LogP contribution is 2.21. The van der Waals surface area contributed by atoms with Gasteiger partial charge in [0.2, 0.25) is 0 Å². The van der Waals surface area contributed by atoms with E-state index in [0.29, 0.717) is 10.0 Å². The highest BCUT2D eigenvalue weighted by atomic mass is 79.9. The highest BCUT2D eigenvalue weighted by Gasteiger charge is 2.24. The molecule has 10 heteroatoms. The summed E-state index contributed by atoms with van der Waals surface area (Å²) in [6.45, 7) is 10.1. The summed E-state index contributed by atoms with van der Waals surface area (Å²) in [6.07, 6.45) is -1.70. The molecular formula is C17H25BrN2O6S. The molecule has 0 atom stereocenters. The summed E-state index contributed by atoms with van der Waals surface area (Å²) < 4.78 is 37.3. The summed E-state index contributed by atoms with van der Waals surface area (Å²) in [6, 6.07) is 4.18. The predicted molar refractivity (Wildman–Crippen MR) is 104 cm³/mol. The number of alkyl carbamates (subject to hydrolysis) is 1. The molecule has 1 rings (SSSR count). The van der Waals surface area contributed by atoms with Crippen LogP contribution in [-0.4, -0.2) is 31.8 Å². The molecule has 0 unspecified atom stereocenters. The minimum atomic E-state index is -4.13. The van der Waals surface area contributed by atoms with E-state index < -0.39 is 33.4 Å². The summed E-state index contributed by atoms with van der Waals surface area (Å²) in [5.41, 5.74) is -0.987. The largest absolute Gasteiger partial charge is 0.444 e. The molecule has 0 saturated heterocycles. The van der Waals surface area contributed by atoms with Gasteiger partial charge in [0.05, 0.1) is 4.90 Å². The Hall–Kier alpha value is -1.81. The van der Waals surface area contributed by atoms with Gasteiger partial charge in [0, 0.05) is 11.0 Å². The van der Waals surface area contributed by atoms with Gasteiger partial charge in [-0.3, -0.25) is 0 Å². The lowest BCUT2D eigenvalue weighted by Crippen LogP contribution is -2.36. The summed E-state index contributed by atoms with van der Waals surface area (Å²) in [7, 11) is -4.13. The second-order valence-corrected chi connectivity index (χ2v) is 10.3. The number of halogens is 1. The minimum absolute atomic E-state index is 0.0330. The van der Waals surface area contributed by atoms with Gasteiger partial charge >= 0.3 is 12.2 Å². The van der Waals surface area contributed by atoms with Crippen LogP contribution in [0.15, 0.2) is 27.6 Å². The van der Waals surface area contributed by atoms with Crippen LogP contribution in [0.2, 0.25) is 0 Å². The molecule has 0 aliphatic rings. The Balaban J connectivity index is 2.91. The third kappa shape index (κ3) is 8.61. The van der Waals surface area contributed by atoms with Crippen LogP contribution in [0.25, 0.3) is 0 Å². The van der Waals surface area contributed by atoms with Gasteiger partial charge in [0.1, 0.15) is 11.2 Å². The van der Waals surface area contributed by atoms with Crippen molar-refractivity contribution < 1.29 is 27.5 Å². The van der Waals surface area contributed by atoms with Crippen molar-refractivity contribution in [3.8, 4) is 0 Å². The number of hydrogen-bond donors (Lipinski definition) is 2. The van der Waals surface area contributed by atoms with Gasteiger partial charge in [-0.1, -0.05) is 15.9 Å². The van der Waals surface area contributed by atoms with Crippen molar-refractivity contribution in [3.63, 3.8) is 0 Å². The van der Waals surface area contributed by atoms with Crippen molar-refractivity contribution in [1.29, 1.82) is 0 Å². The third-order valence-corrected chi connectivity index (χ3v) is 4.85. The first-order chi connectivity index (χ1) is 12.1. The lowest BCUT2D eigenvalue weighted by molar-refractivity contribution is 0.0520. The standard InChI is InChI=1S/C17H25BrN2O6S/c1-16(2,3)25-14(21)19-10-11-9-12(7-8-13(11)18)27(23,24)20-15(22)26-17(4,5)6/h7-9H,10H2,1-6H3,(H,19,21)(H,20,22). The van der Waals surface area contributed by atoms with Gasteiger partial charge in [-0.15, -0.1) is 0 Å². The summed E-state index contributed by atoms with van der Waals surface area (Å²) in [5.74, 6) is 0. The Morgan fingerprint density at radius 3 is 2.04 bits per heavy atom. The van der Waals surface area contributed by atoms with Crippen molar-refractivity contribution in [3.05, 3.63) is 28.2 Å². The van der Waals surface area contributed by atoms with E-state index in [2.05, 4.69) is 21.2 Å². The second-order valence-electron chi connectivity index (χ2n) is 7.72. The number of rotatable bonds is 4. The zero-order valence-corrected chi connectivity index (χ0v) is 18.6. The van der Waals surface area contributed by atoms with E-state index in [1.165, 1.54) is 18.2 Å². The van der Waals surface area contributed by atoms with Gasteiger partial charge in [0.15, 0.2) is 0 Å². The Morgan fingerprint density at radius 1 is 1.00 bits per heavy atom. The van der Waals surface area contributed by atoms with Crippen LogP contribution >= 0.6 is 15.9 Å². The van der Waals surface area contributed by atoms with Gasteiger partial charge in [0.25, 0.3) is 10.0 Å². The van der Waals surface area contributed by atoms with Crippen molar-refractivity contribution in [2.75, 3.05) is 0 Å². The molecule has 0 aromatic heterocycles. The van der Waals surface area contributed by atoms with Gasteiger partial charge < -0.3 is 14.8 Å². The number of carbonyl (C=O) groups is 2. The number of sulfonamides is 1. The molecule has 27 heavy (non-hydrogen) atoms. The molecule has 2 N–H and O–H groups in total. The minimum Gasteiger partial charge on any atom is -0.444 e. The van der Waals surface area contributed by atoms with Crippen molar-refractivity contribution in [2.24, 2.45) is 0 Å². The molecule has 0 bridgehead atoms. The third-order valence-electron chi connectivity index (χ3n) is 2.77. The number of ether oxygens (including phenoxy) is 2. The van der Waals surface area contributed by atoms with Crippen LogP contribution < -0.4 is 10.0 Å². The first-order valence-electron chi connectivity index (χ1n) is 8.10. The molecule has 0 saturated carbocycles. The second kappa shape index (κ2) is 8.47. The van der Waals surface area contributed by atoms with E-state index in [9.17, 15) is 18.0 Å². The molecule has 0 radical (unpaired) electrons. The molecule has 152 valence electrons. The topological polar surface area (TPSA) is 111 Å². The quantitative estimate of drug-likeness (QED) is 0.702. The summed E-state index contributed by atoms with van der Waals surface area (Å²) in [4.78, 5) is 23.4. The smallest absolute Gasteiger partial charge is 0.421 e. The molecular weight excluding hydrogens is 440 g/mol. The first kappa shape index (κ1) is 23.2. The van der Waals surface area contributed by atoms with Gasteiger partial charge in [-0.05, 0) is 65.3 Å². The predicted octanol–water partition coefficient (Wildman–Crippen LogP) is 3.69. The molecule has 0 spiro atoms. The fourth-order valence-corrected chi connectivity index (χ4v) is 3.11. The molecule has 1 aromatic rings. The van der Waals surface area contributed by atoms with Gasteiger partial charge in [-0.25, -0.2) is 22.7 Å². The van der Waals surface area contributed by atoms with Crippen molar-refractivity contribution >= 4 is 38.1 Å². The van der Waals surface area contributed by atoms with E-state index in [1.807, 2.05) is 4.72 Å². The molecule has 0 fully saturated rings. The molecule has 2 amide bonds. The van der Waals surface area contributed by atoms with E-state index in [4.69, 9.17) is 9.47 Å². The molecule has 0 heterocycles. The highest BCUT2D eigenvalue weighted by molar-refractivity contribution is 9.10. The lowest BCUT2D eigenvalue weighted by Gasteiger charge is -2.20. The Bertz CT molecular complexity index is 810. The van der Waals surface area contributed by atoms with E-state index >= 15 is 0 Å². The normalized spacial score (nSPS) is 12.3. The molecule has 8 nitrogen and oxygen atoms in total. The Kier molecular flexibility index (Phi) is 7.29. The first-order valence-corrected chi connectivity index (χ1v) is 10.4. The Morgan fingerprint density at radius 2 is 1.52 bits per heavy atom. The average Bonchev–Trinajstić information content (AvgIpc) is 2.41. The van der Waals surface area contributed by atoms with E-state index in [-0.39, 0.29) is 11.4 Å². The fourth-order valence-electron chi connectivity index (χ4n) is 1.80. The number of hydrogen-bond acceptors (Lipinski definition) is 6. The van der Waals surface area contributed by atoms with Crippen LogP contribution in [0.4, 0.5) is 9.59 Å². The van der Waals surface area contributed by atoms with Gasteiger partial charge in [-0.2, -0.15) is 0 Å². The maximum Gasteiger partial charge on any atom is 0.421 e. The van der Waals surface area contributed by atoms with Crippen molar-refractivity contribution in [2.45, 2.75) is 64.2 Å². The van der Waals surface area contributed by atoms with Crippen LogP contribution in [0, 0.1) is 0 Å². The number of benzene rings is 1. The van der Waals surface area contributed by atoms with Crippen LogP contribution in [0.1, 0.15) is 47.1 Å². The summed E-state index contributed by atoms with van der Waals surface area (Å²) in [5, 5.41) is 2.55. The molecule has 1 aromatic carbocycles. The SMILES string of the molecule is CC(C)(C)OC(=O)NCc1cc(S(=O)(=O)NC(=O)OC(C)(C)C)ccc1Br. The summed E-state index contributed by atoms with van der Waals surface area (Å²) >= 11 is 3.30. The van der Waals surface area contributed by atoms with E-state index in [0.717, 1.165) is 0 Å².